The van der Waals surface area contributed by atoms with Gasteiger partial charge in [0.05, 0.1) is 23.4 Å². The number of nitrogens with one attached hydrogen (secondary N) is 1. The van der Waals surface area contributed by atoms with Gasteiger partial charge in [-0.1, -0.05) is 37.3 Å². The van der Waals surface area contributed by atoms with Gasteiger partial charge < -0.3 is 15.0 Å². The van der Waals surface area contributed by atoms with Gasteiger partial charge in [0.15, 0.2) is 5.13 Å². The number of thiazole rings is 1. The number of morpholine rings is 1. The predicted octanol–water partition coefficient (Wildman–Crippen LogP) is 3.21. The number of piperidine rings is 1. The molecule has 6 heteroatoms. The molecule has 27 heavy (non-hydrogen) atoms. The molecular formula is C21H32N4OS. The van der Waals surface area contributed by atoms with Crippen LogP contribution in [0.1, 0.15) is 26.7 Å². The minimum absolute atomic E-state index is 0.273. The van der Waals surface area contributed by atoms with Crippen LogP contribution in [-0.2, 0) is 4.74 Å². The molecule has 1 aromatic heterocycles. The number of para-hydroxylation sites is 1. The first-order chi connectivity index (χ1) is 13.1. The molecule has 2 aliphatic rings. The van der Waals surface area contributed by atoms with E-state index in [0.717, 1.165) is 58.0 Å². The van der Waals surface area contributed by atoms with Crippen LogP contribution in [0.15, 0.2) is 24.3 Å². The minimum atomic E-state index is 0.273. The highest BCUT2D eigenvalue weighted by Crippen LogP contribution is 2.30. The van der Waals surface area contributed by atoms with E-state index in [4.69, 9.17) is 9.72 Å². The van der Waals surface area contributed by atoms with Crippen LogP contribution in [0.5, 0.6) is 0 Å². The summed E-state index contributed by atoms with van der Waals surface area (Å²) in [6.45, 7) is 13.0. The van der Waals surface area contributed by atoms with E-state index >= 15 is 0 Å². The summed E-state index contributed by atoms with van der Waals surface area (Å²) < 4.78 is 6.76. The quantitative estimate of drug-likeness (QED) is 0.823. The van der Waals surface area contributed by atoms with Gasteiger partial charge in [-0.15, -0.1) is 0 Å². The van der Waals surface area contributed by atoms with Gasteiger partial charge in [-0.3, -0.25) is 4.90 Å². The van der Waals surface area contributed by atoms with Gasteiger partial charge in [0.1, 0.15) is 0 Å². The van der Waals surface area contributed by atoms with Gasteiger partial charge >= 0.3 is 0 Å². The van der Waals surface area contributed by atoms with Crippen LogP contribution in [0.2, 0.25) is 0 Å². The van der Waals surface area contributed by atoms with Crippen LogP contribution in [0, 0.1) is 5.41 Å². The maximum Gasteiger partial charge on any atom is 0.186 e. The van der Waals surface area contributed by atoms with Gasteiger partial charge in [0, 0.05) is 45.3 Å². The maximum atomic E-state index is 5.48. The lowest BCUT2D eigenvalue weighted by Gasteiger charge is -2.38. The number of fused-ring (bicyclic) bond motifs is 1. The largest absolute Gasteiger partial charge is 0.379 e. The van der Waals surface area contributed by atoms with E-state index in [1.807, 2.05) is 11.3 Å². The first kappa shape index (κ1) is 19.1. The average Bonchev–Trinajstić information content (AvgIpc) is 3.12. The summed E-state index contributed by atoms with van der Waals surface area (Å²) in [6, 6.07) is 9.01. The first-order valence-electron chi connectivity index (χ1n) is 10.2. The van der Waals surface area contributed by atoms with Gasteiger partial charge in [0.25, 0.3) is 0 Å². The van der Waals surface area contributed by atoms with E-state index < -0.39 is 0 Å². The third kappa shape index (κ3) is 4.99. The van der Waals surface area contributed by atoms with Crippen molar-refractivity contribution >= 4 is 26.7 Å². The zero-order valence-electron chi connectivity index (χ0n) is 16.6. The second kappa shape index (κ2) is 8.43. The molecule has 4 rings (SSSR count). The van der Waals surface area contributed by atoms with Crippen molar-refractivity contribution in [2.75, 3.05) is 57.4 Å². The molecule has 1 aromatic carbocycles. The molecule has 2 aromatic rings. The molecule has 2 saturated heterocycles. The van der Waals surface area contributed by atoms with Crippen LogP contribution in [0.4, 0.5) is 5.13 Å². The van der Waals surface area contributed by atoms with Crippen LogP contribution in [0.25, 0.3) is 10.2 Å². The molecule has 2 aliphatic heterocycles. The normalized spacial score (nSPS) is 22.4. The van der Waals surface area contributed by atoms with E-state index in [2.05, 4.69) is 53.2 Å². The van der Waals surface area contributed by atoms with Crippen molar-refractivity contribution < 1.29 is 4.74 Å². The van der Waals surface area contributed by atoms with Crippen LogP contribution >= 0.6 is 11.3 Å². The summed E-state index contributed by atoms with van der Waals surface area (Å²) in [7, 11) is 0. The van der Waals surface area contributed by atoms with Crippen molar-refractivity contribution in [3.63, 3.8) is 0 Å². The topological polar surface area (TPSA) is 40.6 Å². The molecule has 0 radical (unpaired) electrons. The number of ether oxygens (including phenoxy) is 1. The SMILES string of the molecule is CC(C)(CN[C@@H]1CCCN(c2nc3ccccc3s2)C1)CN1CCOCC1. The number of rotatable bonds is 6. The zero-order valence-corrected chi connectivity index (χ0v) is 17.4. The van der Waals surface area contributed by atoms with Crippen molar-refractivity contribution in [3.05, 3.63) is 24.3 Å². The summed E-state index contributed by atoms with van der Waals surface area (Å²) in [5.41, 5.74) is 1.40. The average molecular weight is 389 g/mol. The van der Waals surface area contributed by atoms with Crippen molar-refractivity contribution in [1.82, 2.24) is 15.2 Å². The highest BCUT2D eigenvalue weighted by Gasteiger charge is 2.27. The monoisotopic (exact) mass is 388 g/mol. The highest BCUT2D eigenvalue weighted by atomic mass is 32.1. The predicted molar refractivity (Wildman–Crippen MR) is 114 cm³/mol. The van der Waals surface area contributed by atoms with E-state index in [1.165, 1.54) is 22.7 Å². The number of hydrogen-bond acceptors (Lipinski definition) is 6. The second-order valence-corrected chi connectivity index (χ2v) is 9.69. The van der Waals surface area contributed by atoms with Gasteiger partial charge in [-0.25, -0.2) is 4.98 Å². The lowest BCUT2D eigenvalue weighted by molar-refractivity contribution is 0.0209. The Hall–Kier alpha value is -1.21. The Balaban J connectivity index is 1.31. The Morgan fingerprint density at radius 2 is 2.04 bits per heavy atom. The molecule has 1 atom stereocenters. The standard InChI is InChI=1S/C21H32N4OS/c1-21(2,16-24-10-12-26-13-11-24)15-22-17-6-5-9-25(14-17)20-23-18-7-3-4-8-19(18)27-20/h3-4,7-8,17,22H,5-6,9-16H2,1-2H3/t17-/m1/s1. The lowest BCUT2D eigenvalue weighted by Crippen LogP contribution is -2.50. The minimum Gasteiger partial charge on any atom is -0.379 e. The molecule has 0 bridgehead atoms. The van der Waals surface area contributed by atoms with Crippen molar-refractivity contribution in [2.45, 2.75) is 32.7 Å². The highest BCUT2D eigenvalue weighted by molar-refractivity contribution is 7.22. The fourth-order valence-electron chi connectivity index (χ4n) is 4.15. The lowest BCUT2D eigenvalue weighted by atomic mass is 9.91. The molecule has 3 heterocycles. The summed E-state index contributed by atoms with van der Waals surface area (Å²) in [4.78, 5) is 9.87. The van der Waals surface area contributed by atoms with E-state index in [-0.39, 0.29) is 5.41 Å². The Bertz CT molecular complexity index is 708. The Kier molecular flexibility index (Phi) is 5.97. The Labute approximate surface area is 166 Å². The van der Waals surface area contributed by atoms with E-state index in [9.17, 15) is 0 Å². The van der Waals surface area contributed by atoms with Crippen LogP contribution in [-0.4, -0.2) is 68.4 Å². The molecule has 0 unspecified atom stereocenters. The molecule has 0 saturated carbocycles. The van der Waals surface area contributed by atoms with E-state index in [0.29, 0.717) is 6.04 Å². The van der Waals surface area contributed by atoms with Gasteiger partial charge in [-0.2, -0.15) is 0 Å². The van der Waals surface area contributed by atoms with Gasteiger partial charge in [0.2, 0.25) is 0 Å². The van der Waals surface area contributed by atoms with Crippen LogP contribution in [0.3, 0.4) is 0 Å². The van der Waals surface area contributed by atoms with Crippen molar-refractivity contribution in [2.24, 2.45) is 5.41 Å². The molecule has 0 aliphatic carbocycles. The summed E-state index contributed by atoms with van der Waals surface area (Å²) >= 11 is 1.82. The van der Waals surface area contributed by atoms with Crippen molar-refractivity contribution in [3.8, 4) is 0 Å². The second-order valence-electron chi connectivity index (χ2n) is 8.68. The number of aromatic nitrogens is 1. The molecule has 0 spiro atoms. The fourth-order valence-corrected chi connectivity index (χ4v) is 5.15. The fraction of sp³-hybridized carbons (Fsp3) is 0.667. The smallest absolute Gasteiger partial charge is 0.186 e. The molecule has 0 amide bonds. The Morgan fingerprint density at radius 3 is 2.85 bits per heavy atom. The first-order valence-corrected chi connectivity index (χ1v) is 11.0. The van der Waals surface area contributed by atoms with Gasteiger partial charge in [-0.05, 0) is 30.4 Å². The third-order valence-corrected chi connectivity index (χ3v) is 6.70. The summed E-state index contributed by atoms with van der Waals surface area (Å²) in [5.74, 6) is 0. The third-order valence-electron chi connectivity index (χ3n) is 5.60. The Morgan fingerprint density at radius 1 is 1.22 bits per heavy atom. The van der Waals surface area contributed by atoms with Crippen LogP contribution < -0.4 is 10.2 Å². The number of hydrogen-bond donors (Lipinski definition) is 1. The molecule has 5 nitrogen and oxygen atoms in total. The molecule has 2 fully saturated rings. The molecule has 148 valence electrons. The number of benzene rings is 1. The molecule has 1 N–H and O–H groups in total. The zero-order chi connectivity index (χ0) is 18.7. The maximum absolute atomic E-state index is 5.48. The van der Waals surface area contributed by atoms with E-state index in [1.54, 1.807) is 0 Å². The summed E-state index contributed by atoms with van der Waals surface area (Å²) in [6.07, 6.45) is 2.49. The number of anilines is 1. The number of nitrogens with zero attached hydrogens (tertiary/aromatic N) is 3. The van der Waals surface area contributed by atoms with Crippen molar-refractivity contribution in [1.29, 1.82) is 0 Å². The summed E-state index contributed by atoms with van der Waals surface area (Å²) in [5, 5.41) is 5.04. The molecular weight excluding hydrogens is 356 g/mol.